The first-order valence-corrected chi connectivity index (χ1v) is 7.91. The van der Waals surface area contributed by atoms with Gasteiger partial charge in [0.2, 0.25) is 0 Å². The van der Waals surface area contributed by atoms with Crippen molar-refractivity contribution in [3.63, 3.8) is 0 Å². The molecule has 0 bridgehead atoms. The fourth-order valence-corrected chi connectivity index (χ4v) is 3.04. The lowest BCUT2D eigenvalue weighted by atomic mass is 10.0. The molecular weight excluding hydrogens is 356 g/mol. The maximum atomic E-state index is 12.4. The molecular formula is C15H10Br2O. The minimum atomic E-state index is 0.144. The molecule has 0 saturated carbocycles. The van der Waals surface area contributed by atoms with Crippen molar-refractivity contribution >= 4 is 37.6 Å². The molecule has 0 aliphatic heterocycles. The zero-order valence-corrected chi connectivity index (χ0v) is 12.7. The Labute approximate surface area is 122 Å². The van der Waals surface area contributed by atoms with E-state index in [-0.39, 0.29) is 5.78 Å². The average molecular weight is 366 g/mol. The smallest absolute Gasteiger partial charge is 0.194 e. The Morgan fingerprint density at radius 2 is 1.17 bits per heavy atom. The van der Waals surface area contributed by atoms with Gasteiger partial charge in [-0.15, -0.1) is 0 Å². The van der Waals surface area contributed by atoms with E-state index in [1.54, 1.807) is 0 Å². The van der Waals surface area contributed by atoms with Crippen LogP contribution in [-0.2, 0) is 10.7 Å². The lowest BCUT2D eigenvalue weighted by Crippen LogP contribution is -1.96. The van der Waals surface area contributed by atoms with Gasteiger partial charge in [0.05, 0.1) is 0 Å². The van der Waals surface area contributed by atoms with Crippen LogP contribution in [0.2, 0.25) is 0 Å². The van der Waals surface area contributed by atoms with Crippen LogP contribution >= 0.6 is 31.9 Å². The number of rotatable bonds is 2. The summed E-state index contributed by atoms with van der Waals surface area (Å²) in [5, 5.41) is 1.55. The molecule has 2 aromatic carbocycles. The number of fused-ring (bicyclic) bond motifs is 3. The molecule has 1 nitrogen and oxygen atoms in total. The standard InChI is InChI=1S/C15H10Br2O/c16-7-9-1-3-11-12-4-2-10(8-17)6-14(12)15(18)13(11)5-9/h1-6H,7-8H2. The minimum absolute atomic E-state index is 0.144. The topological polar surface area (TPSA) is 17.1 Å². The second kappa shape index (κ2) is 4.63. The SMILES string of the molecule is O=C1c2cc(CBr)ccc2-c2ccc(CBr)cc21. The molecule has 0 spiro atoms. The first-order chi connectivity index (χ1) is 8.74. The largest absolute Gasteiger partial charge is 0.289 e. The van der Waals surface area contributed by atoms with Crippen molar-refractivity contribution < 1.29 is 4.79 Å². The quantitative estimate of drug-likeness (QED) is 0.602. The van der Waals surface area contributed by atoms with Gasteiger partial charge in [-0.1, -0.05) is 56.1 Å². The molecule has 0 saturated heterocycles. The molecule has 1 aliphatic rings. The summed E-state index contributed by atoms with van der Waals surface area (Å²) in [6.45, 7) is 0. The van der Waals surface area contributed by atoms with Crippen LogP contribution in [0.1, 0.15) is 27.0 Å². The molecule has 0 heterocycles. The van der Waals surface area contributed by atoms with Crippen molar-refractivity contribution in [2.75, 3.05) is 0 Å². The predicted octanol–water partition coefficient (Wildman–Crippen LogP) is 4.69. The van der Waals surface area contributed by atoms with Gasteiger partial charge in [-0.05, 0) is 34.4 Å². The number of alkyl halides is 2. The zero-order valence-electron chi connectivity index (χ0n) is 9.54. The number of hydrogen-bond donors (Lipinski definition) is 0. The maximum Gasteiger partial charge on any atom is 0.194 e. The summed E-state index contributed by atoms with van der Waals surface area (Å²) in [6, 6.07) is 12.2. The molecule has 0 aromatic heterocycles. The lowest BCUT2D eigenvalue weighted by molar-refractivity contribution is 0.104. The third kappa shape index (κ3) is 1.77. The van der Waals surface area contributed by atoms with Crippen LogP contribution in [-0.4, -0.2) is 5.78 Å². The molecule has 0 amide bonds. The maximum absolute atomic E-state index is 12.4. The Kier molecular flexibility index (Phi) is 3.12. The number of hydrogen-bond acceptors (Lipinski definition) is 1. The number of benzene rings is 2. The van der Waals surface area contributed by atoms with Gasteiger partial charge in [0.1, 0.15) is 0 Å². The fraction of sp³-hybridized carbons (Fsp3) is 0.133. The van der Waals surface area contributed by atoms with Crippen molar-refractivity contribution in [3.05, 3.63) is 58.7 Å². The Morgan fingerprint density at radius 1 is 0.722 bits per heavy atom. The monoisotopic (exact) mass is 364 g/mol. The van der Waals surface area contributed by atoms with E-state index in [1.165, 1.54) is 0 Å². The van der Waals surface area contributed by atoms with E-state index in [9.17, 15) is 4.79 Å². The molecule has 0 fully saturated rings. The first kappa shape index (κ1) is 12.1. The predicted molar refractivity (Wildman–Crippen MR) is 80.6 cm³/mol. The fourth-order valence-electron chi connectivity index (χ4n) is 2.34. The Bertz CT molecular complexity index is 591. The Balaban J connectivity index is 2.21. The molecule has 3 heteroatoms. The van der Waals surface area contributed by atoms with Crippen molar-refractivity contribution in [1.29, 1.82) is 0 Å². The van der Waals surface area contributed by atoms with Crippen LogP contribution < -0.4 is 0 Å². The van der Waals surface area contributed by atoms with Crippen molar-refractivity contribution in [3.8, 4) is 11.1 Å². The first-order valence-electron chi connectivity index (χ1n) is 5.67. The molecule has 2 aromatic rings. The van der Waals surface area contributed by atoms with Crippen molar-refractivity contribution in [2.45, 2.75) is 10.7 Å². The lowest BCUT2D eigenvalue weighted by Gasteiger charge is -2.02. The molecule has 0 atom stereocenters. The molecule has 0 radical (unpaired) electrons. The highest BCUT2D eigenvalue weighted by atomic mass is 79.9. The van der Waals surface area contributed by atoms with Gasteiger partial charge in [-0.25, -0.2) is 0 Å². The van der Waals surface area contributed by atoms with Crippen molar-refractivity contribution in [2.24, 2.45) is 0 Å². The normalized spacial score (nSPS) is 12.4. The van der Waals surface area contributed by atoms with Gasteiger partial charge in [0.25, 0.3) is 0 Å². The third-order valence-electron chi connectivity index (χ3n) is 3.26. The third-order valence-corrected chi connectivity index (χ3v) is 4.55. The van der Waals surface area contributed by atoms with Gasteiger partial charge in [0.15, 0.2) is 5.78 Å². The highest BCUT2D eigenvalue weighted by Crippen LogP contribution is 2.37. The summed E-state index contributed by atoms with van der Waals surface area (Å²) in [4.78, 5) is 12.4. The Morgan fingerprint density at radius 3 is 1.56 bits per heavy atom. The molecule has 3 rings (SSSR count). The summed E-state index contributed by atoms with van der Waals surface area (Å²) >= 11 is 6.85. The van der Waals surface area contributed by atoms with Gasteiger partial charge in [-0.2, -0.15) is 0 Å². The molecule has 1 aliphatic carbocycles. The van der Waals surface area contributed by atoms with E-state index in [0.29, 0.717) is 0 Å². The van der Waals surface area contributed by atoms with Crippen molar-refractivity contribution in [1.82, 2.24) is 0 Å². The van der Waals surface area contributed by atoms with Gasteiger partial charge < -0.3 is 0 Å². The number of halogens is 2. The summed E-state index contributed by atoms with van der Waals surface area (Å²) in [5.41, 5.74) is 6.04. The summed E-state index contributed by atoms with van der Waals surface area (Å²) < 4.78 is 0. The van der Waals surface area contributed by atoms with Gasteiger partial charge in [0, 0.05) is 21.8 Å². The van der Waals surface area contributed by atoms with Crippen LogP contribution in [0, 0.1) is 0 Å². The average Bonchev–Trinajstić information content (AvgIpc) is 2.71. The minimum Gasteiger partial charge on any atom is -0.289 e. The van der Waals surface area contributed by atoms with E-state index >= 15 is 0 Å². The van der Waals surface area contributed by atoms with E-state index in [1.807, 2.05) is 24.3 Å². The van der Waals surface area contributed by atoms with Gasteiger partial charge >= 0.3 is 0 Å². The molecule has 18 heavy (non-hydrogen) atoms. The van der Waals surface area contributed by atoms with E-state index in [0.717, 1.165) is 44.0 Å². The van der Waals surface area contributed by atoms with Crippen LogP contribution in [0.25, 0.3) is 11.1 Å². The highest BCUT2D eigenvalue weighted by molar-refractivity contribution is 9.08. The van der Waals surface area contributed by atoms with E-state index in [4.69, 9.17) is 0 Å². The van der Waals surface area contributed by atoms with Crippen LogP contribution in [0.3, 0.4) is 0 Å². The summed E-state index contributed by atoms with van der Waals surface area (Å²) in [5.74, 6) is 0.144. The second-order valence-corrected chi connectivity index (χ2v) is 5.48. The van der Waals surface area contributed by atoms with E-state index in [2.05, 4.69) is 44.0 Å². The number of carbonyl (C=O) groups excluding carboxylic acids is 1. The second-order valence-electron chi connectivity index (χ2n) is 4.36. The highest BCUT2D eigenvalue weighted by Gasteiger charge is 2.26. The van der Waals surface area contributed by atoms with Crippen LogP contribution in [0.5, 0.6) is 0 Å². The van der Waals surface area contributed by atoms with Crippen LogP contribution in [0.15, 0.2) is 36.4 Å². The number of carbonyl (C=O) groups is 1. The molecule has 90 valence electrons. The number of ketones is 1. The molecule has 0 unspecified atom stereocenters. The summed E-state index contributed by atoms with van der Waals surface area (Å²) in [7, 11) is 0. The van der Waals surface area contributed by atoms with Gasteiger partial charge in [-0.3, -0.25) is 4.79 Å². The van der Waals surface area contributed by atoms with Crippen LogP contribution in [0.4, 0.5) is 0 Å². The zero-order chi connectivity index (χ0) is 12.7. The summed E-state index contributed by atoms with van der Waals surface area (Å²) in [6.07, 6.45) is 0. The molecule has 0 N–H and O–H groups in total. The van der Waals surface area contributed by atoms with E-state index < -0.39 is 0 Å². The Hall–Kier alpha value is -0.930.